The summed E-state index contributed by atoms with van der Waals surface area (Å²) >= 11 is 0. The molecule has 8 nitrogen and oxygen atoms in total. The molecule has 0 spiro atoms. The second-order valence-corrected chi connectivity index (χ2v) is 6.83. The Balaban J connectivity index is 1.52. The van der Waals surface area contributed by atoms with E-state index in [1.807, 2.05) is 6.92 Å². The highest BCUT2D eigenvalue weighted by atomic mass is 16.5. The van der Waals surface area contributed by atoms with Crippen molar-refractivity contribution in [3.63, 3.8) is 0 Å². The van der Waals surface area contributed by atoms with Crippen LogP contribution in [0.3, 0.4) is 0 Å². The second-order valence-electron chi connectivity index (χ2n) is 6.83. The number of amides is 1. The molecular weight excluding hydrogens is 360 g/mol. The van der Waals surface area contributed by atoms with Crippen LogP contribution in [0.2, 0.25) is 0 Å². The van der Waals surface area contributed by atoms with E-state index in [2.05, 4.69) is 20.5 Å². The number of anilines is 1. The largest absolute Gasteiger partial charge is 0.427 e. The molecule has 1 saturated heterocycles. The molecule has 8 heteroatoms. The number of nitrogens with one attached hydrogen (secondary N) is 2. The Bertz CT molecular complexity index is 1060. The number of benzene rings is 1. The smallest absolute Gasteiger partial charge is 0.349 e. The maximum absolute atomic E-state index is 12.6. The molecular formula is C20H20N4O4. The first-order chi connectivity index (χ1) is 13.5. The van der Waals surface area contributed by atoms with Crippen LogP contribution in [0.4, 0.5) is 5.69 Å². The molecule has 3 aromatic rings. The maximum Gasteiger partial charge on any atom is 0.349 e. The molecule has 0 bridgehead atoms. The Labute approximate surface area is 161 Å². The van der Waals surface area contributed by atoms with Gasteiger partial charge in [0.15, 0.2) is 5.82 Å². The molecule has 1 fully saturated rings. The van der Waals surface area contributed by atoms with Crippen molar-refractivity contribution in [2.75, 3.05) is 18.5 Å². The highest BCUT2D eigenvalue weighted by Crippen LogP contribution is 2.25. The standard InChI is InChI=1S/C20H20N4O4/c1-11-9-16(14-7-8-27-10-14)28-20(26)17(11)19(25)22-15-5-3-13(4-6-15)18-21-12(2)23-24-18/h3-6,9,14H,7-8,10H2,1-2H3,(H,22,25)(H,21,23,24). The Hall–Kier alpha value is -3.26. The average Bonchev–Trinajstić information content (AvgIpc) is 3.33. The minimum atomic E-state index is -0.632. The number of nitrogens with zero attached hydrogens (tertiary/aromatic N) is 2. The van der Waals surface area contributed by atoms with Crippen LogP contribution in [-0.4, -0.2) is 34.3 Å². The van der Waals surface area contributed by atoms with Gasteiger partial charge in [-0.25, -0.2) is 9.78 Å². The van der Waals surface area contributed by atoms with Crippen molar-refractivity contribution in [2.45, 2.75) is 26.2 Å². The quantitative estimate of drug-likeness (QED) is 0.720. The molecule has 4 rings (SSSR count). The Kier molecular flexibility index (Phi) is 4.79. The molecule has 1 atom stereocenters. The SMILES string of the molecule is Cc1nc(-c2ccc(NC(=O)c3c(C)cc(C4CCOC4)oc3=O)cc2)n[nH]1. The lowest BCUT2D eigenvalue weighted by Gasteiger charge is -2.10. The average molecular weight is 380 g/mol. The zero-order valence-electron chi connectivity index (χ0n) is 15.6. The van der Waals surface area contributed by atoms with Crippen molar-refractivity contribution >= 4 is 11.6 Å². The van der Waals surface area contributed by atoms with Gasteiger partial charge in [0.05, 0.1) is 6.61 Å². The predicted octanol–water partition coefficient (Wildman–Crippen LogP) is 2.80. The first kappa shape index (κ1) is 18.1. The summed E-state index contributed by atoms with van der Waals surface area (Å²) in [6.07, 6.45) is 0.810. The van der Waals surface area contributed by atoms with Gasteiger partial charge < -0.3 is 14.5 Å². The topological polar surface area (TPSA) is 110 Å². The highest BCUT2D eigenvalue weighted by Gasteiger charge is 2.24. The van der Waals surface area contributed by atoms with Gasteiger partial charge in [-0.05, 0) is 56.2 Å². The van der Waals surface area contributed by atoms with E-state index in [1.165, 1.54) is 0 Å². The van der Waals surface area contributed by atoms with E-state index < -0.39 is 11.5 Å². The fourth-order valence-electron chi connectivity index (χ4n) is 3.23. The van der Waals surface area contributed by atoms with Gasteiger partial charge in [-0.1, -0.05) is 0 Å². The summed E-state index contributed by atoms with van der Waals surface area (Å²) in [4.78, 5) is 29.3. The third kappa shape index (κ3) is 3.59. The lowest BCUT2D eigenvalue weighted by Crippen LogP contribution is -2.23. The maximum atomic E-state index is 12.6. The van der Waals surface area contributed by atoms with E-state index in [1.54, 1.807) is 37.3 Å². The summed E-state index contributed by atoms with van der Waals surface area (Å²) in [5, 5.41) is 9.63. The lowest BCUT2D eigenvalue weighted by atomic mass is 10.0. The zero-order valence-corrected chi connectivity index (χ0v) is 15.6. The van der Waals surface area contributed by atoms with Crippen molar-refractivity contribution in [3.05, 3.63) is 63.5 Å². The molecule has 28 heavy (non-hydrogen) atoms. The minimum Gasteiger partial charge on any atom is -0.427 e. The molecule has 2 aromatic heterocycles. The van der Waals surface area contributed by atoms with Crippen LogP contribution in [0.5, 0.6) is 0 Å². The van der Waals surface area contributed by atoms with Gasteiger partial charge in [-0.2, -0.15) is 5.10 Å². The number of hydrogen-bond acceptors (Lipinski definition) is 6. The first-order valence-electron chi connectivity index (χ1n) is 9.04. The number of ether oxygens (including phenoxy) is 1. The fraction of sp³-hybridized carbons (Fsp3) is 0.300. The van der Waals surface area contributed by atoms with Crippen molar-refractivity contribution in [1.29, 1.82) is 0 Å². The summed E-state index contributed by atoms with van der Waals surface area (Å²) in [6, 6.07) is 8.83. The molecule has 0 aliphatic carbocycles. The fourth-order valence-corrected chi connectivity index (χ4v) is 3.23. The molecule has 1 aliphatic rings. The Morgan fingerprint density at radius 2 is 2.04 bits per heavy atom. The van der Waals surface area contributed by atoms with Crippen LogP contribution < -0.4 is 10.9 Å². The van der Waals surface area contributed by atoms with Crippen molar-refractivity contribution in [2.24, 2.45) is 0 Å². The first-order valence-corrected chi connectivity index (χ1v) is 9.04. The van der Waals surface area contributed by atoms with Gasteiger partial charge in [-0.15, -0.1) is 0 Å². The summed E-state index contributed by atoms with van der Waals surface area (Å²) in [7, 11) is 0. The number of hydrogen-bond donors (Lipinski definition) is 2. The van der Waals surface area contributed by atoms with E-state index in [9.17, 15) is 9.59 Å². The van der Waals surface area contributed by atoms with Crippen molar-refractivity contribution in [3.8, 4) is 11.4 Å². The van der Waals surface area contributed by atoms with Crippen LogP contribution in [-0.2, 0) is 4.74 Å². The van der Waals surface area contributed by atoms with E-state index in [0.29, 0.717) is 36.0 Å². The molecule has 0 radical (unpaired) electrons. The van der Waals surface area contributed by atoms with Crippen LogP contribution >= 0.6 is 0 Å². The van der Waals surface area contributed by atoms with Gasteiger partial charge in [0.1, 0.15) is 17.1 Å². The van der Waals surface area contributed by atoms with Gasteiger partial charge in [-0.3, -0.25) is 9.89 Å². The minimum absolute atomic E-state index is 0.0105. The number of aromatic nitrogens is 3. The number of carbonyl (C=O) groups excluding carboxylic acids is 1. The summed E-state index contributed by atoms with van der Waals surface area (Å²) in [5.41, 5.74) is 1.35. The number of aryl methyl sites for hydroxylation is 2. The zero-order chi connectivity index (χ0) is 19.7. The third-order valence-corrected chi connectivity index (χ3v) is 4.73. The summed E-state index contributed by atoms with van der Waals surface area (Å²) < 4.78 is 10.7. The van der Waals surface area contributed by atoms with E-state index in [-0.39, 0.29) is 11.5 Å². The Morgan fingerprint density at radius 3 is 2.64 bits per heavy atom. The van der Waals surface area contributed by atoms with E-state index in [4.69, 9.17) is 9.15 Å². The van der Waals surface area contributed by atoms with Crippen molar-refractivity contribution in [1.82, 2.24) is 15.2 Å². The molecule has 1 unspecified atom stereocenters. The number of rotatable bonds is 4. The monoisotopic (exact) mass is 380 g/mol. The molecule has 1 amide bonds. The van der Waals surface area contributed by atoms with Crippen molar-refractivity contribution < 1.29 is 13.9 Å². The molecule has 2 N–H and O–H groups in total. The summed E-state index contributed by atoms with van der Waals surface area (Å²) in [5.74, 6) is 1.44. The normalized spacial score (nSPS) is 16.3. The van der Waals surface area contributed by atoms with E-state index >= 15 is 0 Å². The van der Waals surface area contributed by atoms with E-state index in [0.717, 1.165) is 17.8 Å². The lowest BCUT2D eigenvalue weighted by molar-refractivity contribution is 0.102. The Morgan fingerprint density at radius 1 is 1.25 bits per heavy atom. The molecule has 1 aromatic carbocycles. The number of H-pyrrole nitrogens is 1. The summed E-state index contributed by atoms with van der Waals surface area (Å²) in [6.45, 7) is 4.74. The number of aromatic amines is 1. The third-order valence-electron chi connectivity index (χ3n) is 4.73. The van der Waals surface area contributed by atoms with Crippen LogP contribution in [0.1, 0.15) is 39.8 Å². The van der Waals surface area contributed by atoms with Crippen LogP contribution in [0.15, 0.2) is 39.5 Å². The second kappa shape index (κ2) is 7.40. The van der Waals surface area contributed by atoms with Gasteiger partial charge in [0.2, 0.25) is 0 Å². The van der Waals surface area contributed by atoms with Crippen LogP contribution in [0.25, 0.3) is 11.4 Å². The molecule has 1 aliphatic heterocycles. The molecule has 0 saturated carbocycles. The van der Waals surface area contributed by atoms with Crippen LogP contribution in [0, 0.1) is 13.8 Å². The predicted molar refractivity (Wildman–Crippen MR) is 102 cm³/mol. The number of carbonyl (C=O) groups is 1. The molecule has 144 valence electrons. The van der Waals surface area contributed by atoms with Gasteiger partial charge in [0.25, 0.3) is 5.91 Å². The molecule has 3 heterocycles. The highest BCUT2D eigenvalue weighted by molar-refractivity contribution is 6.05. The van der Waals surface area contributed by atoms with Gasteiger partial charge in [0, 0.05) is 23.8 Å². The van der Waals surface area contributed by atoms with Gasteiger partial charge >= 0.3 is 5.63 Å².